The second-order valence-electron chi connectivity index (χ2n) is 8.61. The van der Waals surface area contributed by atoms with E-state index in [-0.39, 0.29) is 11.5 Å². The zero-order chi connectivity index (χ0) is 25.3. The first-order valence-corrected chi connectivity index (χ1v) is 11.4. The summed E-state index contributed by atoms with van der Waals surface area (Å²) in [6.45, 7) is 4.79. The van der Waals surface area contributed by atoms with Crippen LogP contribution < -0.4 is 19.4 Å². The van der Waals surface area contributed by atoms with Gasteiger partial charge in [-0.1, -0.05) is 0 Å². The van der Waals surface area contributed by atoms with Gasteiger partial charge in [-0.25, -0.2) is 14.8 Å². The van der Waals surface area contributed by atoms with Gasteiger partial charge < -0.3 is 24.5 Å². The SMILES string of the molecule is CCN1c2ncc(CCOc3ccc(C(=O)O)cc3C)cc2C(=O)N(C)c2ccc(N(C)C)nc21. The molecule has 1 aliphatic rings. The molecular weight excluding hydrogens is 446 g/mol. The fraction of sp³-hybridized carbons (Fsp3) is 0.308. The first-order valence-electron chi connectivity index (χ1n) is 11.4. The number of aromatic nitrogens is 2. The van der Waals surface area contributed by atoms with Crippen molar-refractivity contribution in [2.75, 3.05) is 49.0 Å². The molecule has 3 heterocycles. The van der Waals surface area contributed by atoms with Crippen molar-refractivity contribution in [1.29, 1.82) is 0 Å². The third-order valence-electron chi connectivity index (χ3n) is 6.02. The Morgan fingerprint density at radius 3 is 2.57 bits per heavy atom. The Balaban J connectivity index is 1.59. The standard InChI is InChI=1S/C26H29N5O4/c1-6-31-23-19(25(32)30(5)20-8-10-22(29(3)4)28-24(20)31)14-17(15-27-23)11-12-35-21-9-7-18(26(33)34)13-16(21)2/h7-10,13-15H,6,11-12H2,1-5H3,(H,33,34). The third-order valence-corrected chi connectivity index (χ3v) is 6.02. The maximum atomic E-state index is 13.4. The van der Waals surface area contributed by atoms with Crippen LogP contribution in [-0.2, 0) is 6.42 Å². The lowest BCUT2D eigenvalue weighted by molar-refractivity contribution is 0.0696. The topological polar surface area (TPSA) is 99.1 Å². The quantitative estimate of drug-likeness (QED) is 0.549. The zero-order valence-electron chi connectivity index (χ0n) is 20.6. The fourth-order valence-electron chi connectivity index (χ4n) is 4.06. The number of carboxylic acids is 1. The second-order valence-corrected chi connectivity index (χ2v) is 8.61. The van der Waals surface area contributed by atoms with Crippen molar-refractivity contribution in [3.05, 3.63) is 64.8 Å². The highest BCUT2D eigenvalue weighted by Crippen LogP contribution is 2.39. The van der Waals surface area contributed by atoms with Crippen LogP contribution in [0.3, 0.4) is 0 Å². The summed E-state index contributed by atoms with van der Waals surface area (Å²) in [5.41, 5.74) is 3.09. The van der Waals surface area contributed by atoms with Gasteiger partial charge in [0.15, 0.2) is 5.82 Å². The van der Waals surface area contributed by atoms with Gasteiger partial charge >= 0.3 is 5.97 Å². The summed E-state index contributed by atoms with van der Waals surface area (Å²) in [4.78, 5) is 39.5. The van der Waals surface area contributed by atoms with Crippen LogP contribution in [0.2, 0.25) is 0 Å². The van der Waals surface area contributed by atoms with E-state index < -0.39 is 5.97 Å². The molecule has 9 heteroatoms. The average molecular weight is 476 g/mol. The number of carboxylic acid groups (broad SMARTS) is 1. The van der Waals surface area contributed by atoms with Crippen molar-refractivity contribution in [3.8, 4) is 5.75 Å². The molecule has 0 aliphatic carbocycles. The lowest BCUT2D eigenvalue weighted by Crippen LogP contribution is -2.26. The maximum absolute atomic E-state index is 13.4. The van der Waals surface area contributed by atoms with Crippen LogP contribution in [0.5, 0.6) is 5.75 Å². The number of pyridine rings is 2. The summed E-state index contributed by atoms with van der Waals surface area (Å²) in [7, 11) is 5.61. The van der Waals surface area contributed by atoms with Crippen molar-refractivity contribution < 1.29 is 19.4 Å². The lowest BCUT2D eigenvalue weighted by Gasteiger charge is -2.24. The van der Waals surface area contributed by atoms with Gasteiger partial charge in [-0.05, 0) is 61.4 Å². The van der Waals surface area contributed by atoms with Crippen LogP contribution >= 0.6 is 0 Å². The van der Waals surface area contributed by atoms with Crippen molar-refractivity contribution in [3.63, 3.8) is 0 Å². The van der Waals surface area contributed by atoms with Crippen LogP contribution in [0.15, 0.2) is 42.6 Å². The summed E-state index contributed by atoms with van der Waals surface area (Å²) in [6.07, 6.45) is 2.30. The minimum atomic E-state index is -0.971. The number of hydrogen-bond donors (Lipinski definition) is 1. The van der Waals surface area contributed by atoms with Crippen molar-refractivity contribution in [2.24, 2.45) is 0 Å². The number of hydrogen-bond acceptors (Lipinski definition) is 7. The minimum Gasteiger partial charge on any atom is -0.493 e. The molecule has 182 valence electrons. The summed E-state index contributed by atoms with van der Waals surface area (Å²) in [5, 5.41) is 9.13. The number of benzene rings is 1. The molecule has 3 aromatic rings. The number of aromatic carboxylic acids is 1. The van der Waals surface area contributed by atoms with Crippen LogP contribution in [0, 0.1) is 6.92 Å². The normalized spacial score (nSPS) is 12.7. The third kappa shape index (κ3) is 4.62. The molecule has 0 bridgehead atoms. The number of carbonyl (C=O) groups is 2. The van der Waals surface area contributed by atoms with Gasteiger partial charge in [-0.2, -0.15) is 0 Å². The predicted molar refractivity (Wildman–Crippen MR) is 136 cm³/mol. The van der Waals surface area contributed by atoms with Crippen LogP contribution in [-0.4, -0.2) is 61.2 Å². The molecule has 35 heavy (non-hydrogen) atoms. The Hall–Kier alpha value is -4.14. The molecule has 2 aromatic heterocycles. The maximum Gasteiger partial charge on any atom is 0.335 e. The second kappa shape index (κ2) is 9.61. The van der Waals surface area contributed by atoms with E-state index >= 15 is 0 Å². The summed E-state index contributed by atoms with van der Waals surface area (Å²) < 4.78 is 5.88. The molecule has 0 saturated carbocycles. The fourth-order valence-corrected chi connectivity index (χ4v) is 4.06. The van der Waals surface area contributed by atoms with Crippen LogP contribution in [0.25, 0.3) is 0 Å². The number of rotatable bonds is 7. The zero-order valence-corrected chi connectivity index (χ0v) is 20.6. The van der Waals surface area contributed by atoms with E-state index in [0.29, 0.717) is 42.5 Å². The molecule has 1 amide bonds. The number of anilines is 4. The van der Waals surface area contributed by atoms with Crippen LogP contribution in [0.1, 0.15) is 38.8 Å². The molecule has 0 saturated heterocycles. The average Bonchev–Trinajstić information content (AvgIpc) is 2.92. The van der Waals surface area contributed by atoms with Crippen LogP contribution in [0.4, 0.5) is 23.1 Å². The number of amides is 1. The van der Waals surface area contributed by atoms with Gasteiger partial charge in [0, 0.05) is 40.3 Å². The summed E-state index contributed by atoms with van der Waals surface area (Å²) in [5.74, 6) is 1.58. The molecule has 1 aromatic carbocycles. The Bertz CT molecular complexity index is 1290. The molecule has 0 spiro atoms. The van der Waals surface area contributed by atoms with E-state index in [4.69, 9.17) is 14.8 Å². The number of carbonyl (C=O) groups excluding carboxylic acids is 1. The van der Waals surface area contributed by atoms with Crippen molar-refractivity contribution in [2.45, 2.75) is 20.3 Å². The minimum absolute atomic E-state index is 0.146. The largest absolute Gasteiger partial charge is 0.493 e. The van der Waals surface area contributed by atoms with E-state index in [1.807, 2.05) is 55.9 Å². The van der Waals surface area contributed by atoms with E-state index in [2.05, 4.69) is 4.98 Å². The Labute approximate surface area is 204 Å². The monoisotopic (exact) mass is 475 g/mol. The predicted octanol–water partition coefficient (Wildman–Crippen LogP) is 3.92. The van der Waals surface area contributed by atoms with Gasteiger partial charge in [0.1, 0.15) is 17.4 Å². The van der Waals surface area contributed by atoms with Crippen molar-refractivity contribution in [1.82, 2.24) is 9.97 Å². The Kier molecular flexibility index (Phi) is 6.59. The molecule has 0 atom stereocenters. The summed E-state index contributed by atoms with van der Waals surface area (Å²) in [6, 6.07) is 10.5. The molecule has 0 radical (unpaired) electrons. The number of aryl methyl sites for hydroxylation is 1. The first kappa shape index (κ1) is 24.0. The molecule has 0 unspecified atom stereocenters. The summed E-state index contributed by atoms with van der Waals surface area (Å²) >= 11 is 0. The number of ether oxygens (including phenoxy) is 1. The smallest absolute Gasteiger partial charge is 0.335 e. The first-order chi connectivity index (χ1) is 16.7. The van der Waals surface area contributed by atoms with E-state index in [1.54, 1.807) is 30.3 Å². The molecule has 1 aliphatic heterocycles. The van der Waals surface area contributed by atoms with Gasteiger partial charge in [-0.15, -0.1) is 0 Å². The van der Waals surface area contributed by atoms with Gasteiger partial charge in [-0.3, -0.25) is 4.79 Å². The number of nitrogens with zero attached hydrogens (tertiary/aromatic N) is 5. The Morgan fingerprint density at radius 2 is 1.91 bits per heavy atom. The molecule has 4 rings (SSSR count). The highest BCUT2D eigenvalue weighted by Gasteiger charge is 2.31. The van der Waals surface area contributed by atoms with E-state index in [0.717, 1.165) is 22.6 Å². The van der Waals surface area contributed by atoms with E-state index in [1.165, 1.54) is 6.07 Å². The molecular formula is C26H29N5O4. The number of fused-ring (bicyclic) bond motifs is 2. The molecule has 1 N–H and O–H groups in total. The highest BCUT2D eigenvalue weighted by atomic mass is 16.5. The highest BCUT2D eigenvalue weighted by molar-refractivity contribution is 6.12. The van der Waals surface area contributed by atoms with Crippen molar-refractivity contribution >= 4 is 35.0 Å². The van der Waals surface area contributed by atoms with Gasteiger partial charge in [0.25, 0.3) is 5.91 Å². The molecule has 9 nitrogen and oxygen atoms in total. The Morgan fingerprint density at radius 1 is 1.14 bits per heavy atom. The van der Waals surface area contributed by atoms with E-state index in [9.17, 15) is 9.59 Å². The molecule has 0 fully saturated rings. The van der Waals surface area contributed by atoms with Gasteiger partial charge in [0.05, 0.1) is 23.4 Å². The van der Waals surface area contributed by atoms with Gasteiger partial charge in [0.2, 0.25) is 0 Å². The lowest BCUT2D eigenvalue weighted by atomic mass is 10.1.